The molecular formula is C24H22Cl2N2O2. The van der Waals surface area contributed by atoms with Crippen molar-refractivity contribution >= 4 is 45.7 Å². The number of hydrogen-bond acceptors (Lipinski definition) is 4. The maximum Gasteiger partial charge on any atom is 0.131 e. The smallest absolute Gasteiger partial charge is 0.131 e. The zero-order valence-corrected chi connectivity index (χ0v) is 18.8. The maximum absolute atomic E-state index is 6.66. The predicted molar refractivity (Wildman–Crippen MR) is 125 cm³/mol. The van der Waals surface area contributed by atoms with E-state index in [9.17, 15) is 0 Å². The molecule has 6 heteroatoms. The summed E-state index contributed by atoms with van der Waals surface area (Å²) in [5.41, 5.74) is 1.93. The van der Waals surface area contributed by atoms with Gasteiger partial charge in [-0.25, -0.2) is 0 Å². The molecule has 2 aliphatic rings. The lowest BCUT2D eigenvalue weighted by Gasteiger charge is -2.34. The molecule has 2 heterocycles. The molecule has 0 unspecified atom stereocenters. The Hall–Kier alpha value is -2.56. The molecule has 0 bridgehead atoms. The molecule has 0 aliphatic carbocycles. The Morgan fingerprint density at radius 3 is 1.43 bits per heavy atom. The Labute approximate surface area is 186 Å². The van der Waals surface area contributed by atoms with E-state index in [1.54, 1.807) is 12.4 Å². The first kappa shape index (κ1) is 20.7. The lowest BCUT2D eigenvalue weighted by atomic mass is 9.92. The van der Waals surface area contributed by atoms with Crippen LogP contribution in [0.15, 0.2) is 69.9 Å². The van der Waals surface area contributed by atoms with Crippen LogP contribution in [0, 0.1) is 0 Å². The van der Waals surface area contributed by atoms with Crippen LogP contribution < -0.4 is 9.47 Å². The first-order valence-corrected chi connectivity index (χ1v) is 10.4. The van der Waals surface area contributed by atoms with E-state index in [1.165, 1.54) is 0 Å². The number of rotatable bonds is 3. The van der Waals surface area contributed by atoms with Gasteiger partial charge in [0.15, 0.2) is 0 Å². The molecule has 0 amide bonds. The van der Waals surface area contributed by atoms with E-state index < -0.39 is 11.2 Å². The molecule has 0 radical (unpaired) electrons. The summed E-state index contributed by atoms with van der Waals surface area (Å²) in [6.45, 7) is 7.80. The van der Waals surface area contributed by atoms with E-state index >= 15 is 0 Å². The minimum absolute atomic E-state index is 0.605. The monoisotopic (exact) mass is 440 g/mol. The van der Waals surface area contributed by atoms with Crippen molar-refractivity contribution in [1.82, 2.24) is 0 Å². The van der Waals surface area contributed by atoms with Crippen LogP contribution in [0.5, 0.6) is 11.5 Å². The molecule has 4 nitrogen and oxygen atoms in total. The molecule has 2 aromatic carbocycles. The summed E-state index contributed by atoms with van der Waals surface area (Å²) in [6.07, 6.45) is 3.27. The number of halogens is 2. The highest BCUT2D eigenvalue weighted by Crippen LogP contribution is 2.43. The molecule has 30 heavy (non-hydrogen) atoms. The lowest BCUT2D eigenvalue weighted by Crippen LogP contribution is -2.35. The third-order valence-corrected chi connectivity index (χ3v) is 6.00. The van der Waals surface area contributed by atoms with Crippen molar-refractivity contribution in [2.24, 2.45) is 10.2 Å². The van der Waals surface area contributed by atoms with Gasteiger partial charge in [-0.3, -0.25) is 0 Å². The number of nitrogens with zero attached hydrogens (tertiary/aromatic N) is 2. The Bertz CT molecular complexity index is 1040. The predicted octanol–water partition coefficient (Wildman–Crippen LogP) is 6.69. The highest BCUT2D eigenvalue weighted by atomic mass is 35.5. The average molecular weight is 441 g/mol. The summed E-state index contributed by atoms with van der Waals surface area (Å²) in [6, 6.07) is 15.4. The van der Waals surface area contributed by atoms with Crippen molar-refractivity contribution in [3.8, 4) is 11.5 Å². The van der Waals surface area contributed by atoms with Gasteiger partial charge in [-0.05, 0) is 52.0 Å². The summed E-state index contributed by atoms with van der Waals surface area (Å²) in [7, 11) is 0. The van der Waals surface area contributed by atoms with Gasteiger partial charge in [0.1, 0.15) is 22.7 Å². The SMILES string of the molecule is CC1(C)Oc2ccccc2C(Cl)=C1/C=N/N=C/C1=C(Cl)c2ccccc2OC1(C)C. The van der Waals surface area contributed by atoms with E-state index in [2.05, 4.69) is 10.2 Å². The summed E-state index contributed by atoms with van der Waals surface area (Å²) in [4.78, 5) is 0. The third kappa shape index (κ3) is 3.66. The van der Waals surface area contributed by atoms with Crippen LogP contribution in [-0.4, -0.2) is 23.6 Å². The number of fused-ring (bicyclic) bond motifs is 2. The fourth-order valence-electron chi connectivity index (χ4n) is 3.56. The number of para-hydroxylation sites is 2. The summed E-state index contributed by atoms with van der Waals surface area (Å²) < 4.78 is 12.2. The van der Waals surface area contributed by atoms with Gasteiger partial charge >= 0.3 is 0 Å². The number of ether oxygens (including phenoxy) is 2. The van der Waals surface area contributed by atoms with Gasteiger partial charge in [-0.2, -0.15) is 10.2 Å². The van der Waals surface area contributed by atoms with Gasteiger partial charge in [0.25, 0.3) is 0 Å². The molecule has 0 atom stereocenters. The zero-order valence-electron chi connectivity index (χ0n) is 17.2. The van der Waals surface area contributed by atoms with Crippen molar-refractivity contribution in [3.05, 3.63) is 70.8 Å². The molecule has 0 saturated heterocycles. The molecule has 0 spiro atoms. The number of benzene rings is 2. The van der Waals surface area contributed by atoms with Gasteiger partial charge < -0.3 is 9.47 Å². The van der Waals surface area contributed by atoms with E-state index in [1.807, 2.05) is 76.2 Å². The second-order valence-electron chi connectivity index (χ2n) is 8.16. The minimum Gasteiger partial charge on any atom is -0.482 e. The van der Waals surface area contributed by atoms with Crippen molar-refractivity contribution in [3.63, 3.8) is 0 Å². The van der Waals surface area contributed by atoms with Gasteiger partial charge in [0, 0.05) is 22.3 Å². The molecule has 2 aromatic rings. The summed E-state index contributed by atoms with van der Waals surface area (Å²) in [5, 5.41) is 9.69. The molecule has 2 aliphatic heterocycles. The van der Waals surface area contributed by atoms with Crippen molar-refractivity contribution < 1.29 is 9.47 Å². The molecule has 0 aromatic heterocycles. The highest BCUT2D eigenvalue weighted by molar-refractivity contribution is 6.51. The van der Waals surface area contributed by atoms with E-state index in [4.69, 9.17) is 32.7 Å². The van der Waals surface area contributed by atoms with Crippen LogP contribution in [0.25, 0.3) is 10.1 Å². The van der Waals surface area contributed by atoms with Crippen LogP contribution >= 0.6 is 23.2 Å². The third-order valence-electron chi connectivity index (χ3n) is 5.19. The second-order valence-corrected chi connectivity index (χ2v) is 8.92. The lowest BCUT2D eigenvalue weighted by molar-refractivity contribution is 0.151. The minimum atomic E-state index is -0.631. The fraction of sp³-hybridized carbons (Fsp3) is 0.250. The Kier molecular flexibility index (Phi) is 5.25. The zero-order chi connectivity index (χ0) is 21.5. The first-order valence-electron chi connectivity index (χ1n) is 9.64. The normalized spacial score (nSPS) is 19.5. The van der Waals surface area contributed by atoms with E-state index in [0.29, 0.717) is 10.1 Å². The Morgan fingerprint density at radius 1 is 0.667 bits per heavy atom. The van der Waals surface area contributed by atoms with Crippen LogP contribution in [0.3, 0.4) is 0 Å². The average Bonchev–Trinajstić information content (AvgIpc) is 2.68. The first-order chi connectivity index (χ1) is 14.2. The van der Waals surface area contributed by atoms with E-state index in [0.717, 1.165) is 33.8 Å². The molecule has 154 valence electrons. The quantitative estimate of drug-likeness (QED) is 0.394. The van der Waals surface area contributed by atoms with Gasteiger partial charge in [-0.15, -0.1) is 0 Å². The topological polar surface area (TPSA) is 43.2 Å². The van der Waals surface area contributed by atoms with Crippen molar-refractivity contribution in [2.75, 3.05) is 0 Å². The van der Waals surface area contributed by atoms with Gasteiger partial charge in [-0.1, -0.05) is 47.5 Å². The Balaban J connectivity index is 1.66. The van der Waals surface area contributed by atoms with Gasteiger partial charge in [0.2, 0.25) is 0 Å². The molecule has 0 saturated carbocycles. The standard InChI is InChI=1S/C24H22Cl2N2O2/c1-23(2)17(21(25)15-9-5-7-11-19(15)29-23)13-27-28-14-18-22(26)16-10-6-8-12-20(16)30-24(18,3)4/h5-14H,1-4H3/b27-13+,28-14+. The van der Waals surface area contributed by atoms with Crippen molar-refractivity contribution in [1.29, 1.82) is 0 Å². The van der Waals surface area contributed by atoms with Crippen LogP contribution in [0.2, 0.25) is 0 Å². The van der Waals surface area contributed by atoms with Crippen LogP contribution in [0.4, 0.5) is 0 Å². The molecule has 4 rings (SSSR count). The van der Waals surface area contributed by atoms with E-state index in [-0.39, 0.29) is 0 Å². The Morgan fingerprint density at radius 2 is 1.03 bits per heavy atom. The van der Waals surface area contributed by atoms with Crippen molar-refractivity contribution in [2.45, 2.75) is 38.9 Å². The molecule has 0 fully saturated rings. The maximum atomic E-state index is 6.66. The summed E-state index contributed by atoms with van der Waals surface area (Å²) >= 11 is 13.3. The molecule has 0 N–H and O–H groups in total. The van der Waals surface area contributed by atoms with Crippen LogP contribution in [0.1, 0.15) is 38.8 Å². The summed E-state index contributed by atoms with van der Waals surface area (Å²) in [5.74, 6) is 1.51. The highest BCUT2D eigenvalue weighted by Gasteiger charge is 2.34. The fourth-order valence-corrected chi connectivity index (χ4v) is 4.42. The number of hydrogen-bond donors (Lipinski definition) is 0. The van der Waals surface area contributed by atoms with Gasteiger partial charge in [0.05, 0.1) is 22.5 Å². The van der Waals surface area contributed by atoms with Crippen LogP contribution in [-0.2, 0) is 0 Å². The molecular weight excluding hydrogens is 419 g/mol. The second kappa shape index (κ2) is 7.60. The largest absolute Gasteiger partial charge is 0.482 e.